The summed E-state index contributed by atoms with van der Waals surface area (Å²) < 4.78 is 3.81. The van der Waals surface area contributed by atoms with Gasteiger partial charge in [-0.15, -0.1) is 0 Å². The Bertz CT molecular complexity index is 1390. The Kier molecular flexibility index (Phi) is 5.15. The number of aliphatic hydroxyl groups is 1. The molecular weight excluding hydrogens is 412 g/mol. The van der Waals surface area contributed by atoms with Crippen molar-refractivity contribution in [1.82, 2.24) is 24.3 Å². The van der Waals surface area contributed by atoms with E-state index in [9.17, 15) is 5.11 Å². The highest BCUT2D eigenvalue weighted by Gasteiger charge is 2.39. The molecule has 0 fully saturated rings. The highest BCUT2D eigenvalue weighted by molar-refractivity contribution is 5.68. The number of fused-ring (bicyclic) bond motifs is 1. The molecule has 3 heterocycles. The van der Waals surface area contributed by atoms with Crippen molar-refractivity contribution in [1.29, 1.82) is 5.26 Å². The number of nitrogens with zero attached hydrogens (tertiary/aromatic N) is 6. The van der Waals surface area contributed by atoms with E-state index in [-0.39, 0.29) is 0 Å². The lowest BCUT2D eigenvalue weighted by Gasteiger charge is -2.31. The molecule has 1 atom stereocenters. The van der Waals surface area contributed by atoms with Gasteiger partial charge in [-0.3, -0.25) is 0 Å². The van der Waals surface area contributed by atoms with Gasteiger partial charge in [0.05, 0.1) is 23.7 Å². The molecule has 7 nitrogen and oxygen atoms in total. The Hall–Kier alpha value is -4.02. The zero-order chi connectivity index (χ0) is 23.0. The van der Waals surface area contributed by atoms with Gasteiger partial charge in [0.25, 0.3) is 0 Å². The van der Waals surface area contributed by atoms with Crippen LogP contribution < -0.4 is 0 Å². The summed E-state index contributed by atoms with van der Waals surface area (Å²) in [4.78, 5) is 8.97. The average Bonchev–Trinajstić information content (AvgIpc) is 3.45. The summed E-state index contributed by atoms with van der Waals surface area (Å²) in [5.41, 5.74) is 4.33. The normalized spacial score (nSPS) is 17.8. The van der Waals surface area contributed by atoms with Crippen molar-refractivity contribution >= 4 is 12.2 Å². The van der Waals surface area contributed by atoms with Gasteiger partial charge in [0.1, 0.15) is 5.60 Å². The summed E-state index contributed by atoms with van der Waals surface area (Å²) in [7, 11) is 0. The number of hydrogen-bond donors (Lipinski definition) is 1. The van der Waals surface area contributed by atoms with E-state index in [4.69, 9.17) is 5.26 Å². The molecule has 1 N–H and O–H groups in total. The van der Waals surface area contributed by atoms with Crippen LogP contribution >= 0.6 is 0 Å². The van der Waals surface area contributed by atoms with Gasteiger partial charge in [0.15, 0.2) is 11.6 Å². The smallest absolute Gasteiger partial charge is 0.174 e. The number of rotatable bonds is 4. The minimum absolute atomic E-state index is 0.542. The molecule has 5 rings (SSSR count). The molecule has 33 heavy (non-hydrogen) atoms. The van der Waals surface area contributed by atoms with Crippen LogP contribution in [0.1, 0.15) is 52.4 Å². The largest absolute Gasteiger partial charge is 0.377 e. The summed E-state index contributed by atoms with van der Waals surface area (Å²) in [5, 5.41) is 25.2. The van der Waals surface area contributed by atoms with Gasteiger partial charge in [-0.2, -0.15) is 10.4 Å². The molecule has 0 unspecified atom stereocenters. The number of benzene rings is 2. The van der Waals surface area contributed by atoms with Crippen molar-refractivity contribution in [3.8, 4) is 11.8 Å². The average molecular weight is 437 g/mol. The van der Waals surface area contributed by atoms with E-state index >= 15 is 0 Å². The fraction of sp³-hybridized carbons (Fsp3) is 0.231. The third-order valence-corrected chi connectivity index (χ3v) is 6.09. The highest BCUT2D eigenvalue weighted by Crippen LogP contribution is 2.36. The molecule has 0 saturated heterocycles. The molecule has 4 aromatic rings. The lowest BCUT2D eigenvalue weighted by molar-refractivity contribution is 0.0395. The lowest BCUT2D eigenvalue weighted by Crippen LogP contribution is -2.35. The Labute approximate surface area is 192 Å². The Morgan fingerprint density at radius 3 is 2.64 bits per heavy atom. The molecule has 2 aromatic carbocycles. The SMILES string of the molecule is Cc1cn(-c2ccc(/C=C/c3nc4n(n3)CCC[C@@]4(O)c3ccc(C#N)cc3)cc2C)cn1. The second kappa shape index (κ2) is 8.15. The van der Waals surface area contributed by atoms with Crippen LogP contribution in [0.25, 0.3) is 17.8 Å². The molecule has 164 valence electrons. The van der Waals surface area contributed by atoms with E-state index in [1.165, 1.54) is 0 Å². The van der Waals surface area contributed by atoms with E-state index in [1.54, 1.807) is 28.9 Å². The fourth-order valence-corrected chi connectivity index (χ4v) is 4.38. The molecule has 0 aliphatic carbocycles. The van der Waals surface area contributed by atoms with Crippen LogP contribution in [0.3, 0.4) is 0 Å². The van der Waals surface area contributed by atoms with E-state index < -0.39 is 5.60 Å². The zero-order valence-corrected chi connectivity index (χ0v) is 18.6. The van der Waals surface area contributed by atoms with Crippen molar-refractivity contribution in [2.24, 2.45) is 0 Å². The first-order valence-electron chi connectivity index (χ1n) is 10.9. The maximum absolute atomic E-state index is 11.5. The number of hydrogen-bond acceptors (Lipinski definition) is 5. The lowest BCUT2D eigenvalue weighted by atomic mass is 9.86. The highest BCUT2D eigenvalue weighted by atomic mass is 16.3. The Morgan fingerprint density at radius 2 is 1.94 bits per heavy atom. The van der Waals surface area contributed by atoms with Crippen molar-refractivity contribution in [3.63, 3.8) is 0 Å². The summed E-state index contributed by atoms with van der Waals surface area (Å²) in [6.07, 6.45) is 9.05. The van der Waals surface area contributed by atoms with Gasteiger partial charge >= 0.3 is 0 Å². The van der Waals surface area contributed by atoms with E-state index in [2.05, 4.69) is 46.3 Å². The molecule has 0 saturated carbocycles. The van der Waals surface area contributed by atoms with Crippen LogP contribution in [0.2, 0.25) is 0 Å². The molecule has 1 aliphatic rings. The minimum Gasteiger partial charge on any atom is -0.377 e. The van der Waals surface area contributed by atoms with Gasteiger partial charge in [-0.05, 0) is 73.7 Å². The van der Waals surface area contributed by atoms with Crippen molar-refractivity contribution in [2.75, 3.05) is 0 Å². The second-order valence-electron chi connectivity index (χ2n) is 8.47. The summed E-state index contributed by atoms with van der Waals surface area (Å²) in [6, 6.07) is 15.4. The Balaban J connectivity index is 1.42. The third-order valence-electron chi connectivity index (χ3n) is 6.09. The van der Waals surface area contributed by atoms with E-state index in [1.807, 2.05) is 36.2 Å². The predicted molar refractivity (Wildman–Crippen MR) is 125 cm³/mol. The van der Waals surface area contributed by atoms with Gasteiger partial charge in [0, 0.05) is 18.4 Å². The van der Waals surface area contributed by atoms with Crippen molar-refractivity contribution in [3.05, 3.63) is 94.6 Å². The summed E-state index contributed by atoms with van der Waals surface area (Å²) in [6.45, 7) is 4.77. The van der Waals surface area contributed by atoms with Crippen LogP contribution in [0.5, 0.6) is 0 Å². The molecule has 7 heteroatoms. The quantitative estimate of drug-likeness (QED) is 0.519. The zero-order valence-electron chi connectivity index (χ0n) is 18.6. The molecule has 2 aromatic heterocycles. The van der Waals surface area contributed by atoms with Crippen LogP contribution in [-0.4, -0.2) is 29.4 Å². The van der Waals surface area contributed by atoms with Crippen LogP contribution in [0.4, 0.5) is 0 Å². The number of nitriles is 1. The molecule has 0 amide bonds. The van der Waals surface area contributed by atoms with Gasteiger partial charge in [-0.25, -0.2) is 14.6 Å². The van der Waals surface area contributed by atoms with Gasteiger partial charge in [0.2, 0.25) is 0 Å². The van der Waals surface area contributed by atoms with Gasteiger partial charge in [-0.1, -0.05) is 24.3 Å². The molecule has 0 bridgehead atoms. The Morgan fingerprint density at radius 1 is 1.12 bits per heavy atom. The first-order chi connectivity index (χ1) is 16.0. The fourth-order valence-electron chi connectivity index (χ4n) is 4.38. The molecule has 1 aliphatic heterocycles. The molecule has 0 radical (unpaired) electrons. The van der Waals surface area contributed by atoms with Crippen LogP contribution in [0.15, 0.2) is 55.0 Å². The van der Waals surface area contributed by atoms with E-state index in [0.29, 0.717) is 30.2 Å². The van der Waals surface area contributed by atoms with Gasteiger partial charge < -0.3 is 9.67 Å². The standard InChI is InChI=1S/C26H24N6O/c1-18-14-20(6-10-23(18)31-16-19(2)28-17-31)7-11-24-29-25-26(33,12-3-13-32(25)30-24)22-8-4-21(15-27)5-9-22/h4-11,14,16-17,33H,3,12-13H2,1-2H3/b11-7+/t26-/m1/s1. The van der Waals surface area contributed by atoms with Crippen molar-refractivity contribution < 1.29 is 5.11 Å². The minimum atomic E-state index is -1.22. The maximum atomic E-state index is 11.5. The first-order valence-corrected chi connectivity index (χ1v) is 10.9. The van der Waals surface area contributed by atoms with E-state index in [0.717, 1.165) is 34.5 Å². The first kappa shape index (κ1) is 20.9. The third kappa shape index (κ3) is 3.86. The molecular formula is C26H24N6O. The predicted octanol–water partition coefficient (Wildman–Crippen LogP) is 4.15. The van der Waals surface area contributed by atoms with Crippen LogP contribution in [-0.2, 0) is 12.1 Å². The summed E-state index contributed by atoms with van der Waals surface area (Å²) >= 11 is 0. The van der Waals surface area contributed by atoms with Crippen LogP contribution in [0, 0.1) is 25.2 Å². The number of aromatic nitrogens is 5. The monoisotopic (exact) mass is 436 g/mol. The van der Waals surface area contributed by atoms with Crippen molar-refractivity contribution in [2.45, 2.75) is 38.8 Å². The maximum Gasteiger partial charge on any atom is 0.174 e. The number of aryl methyl sites for hydroxylation is 3. The topological polar surface area (TPSA) is 92.5 Å². The second-order valence-corrected chi connectivity index (χ2v) is 8.47. The molecule has 0 spiro atoms. The number of imidazole rings is 1. The summed E-state index contributed by atoms with van der Waals surface area (Å²) in [5.74, 6) is 1.10.